The van der Waals surface area contributed by atoms with Crippen LogP contribution in [-0.4, -0.2) is 58.6 Å². The molecular weight excluding hydrogens is 438 g/mol. The molecule has 1 aliphatic rings. The molecule has 1 atom stereocenters. The minimum atomic E-state index is -3.83. The zero-order chi connectivity index (χ0) is 22.8. The number of aryl methyl sites for hydroxylation is 2. The third-order valence-corrected chi connectivity index (χ3v) is 7.26. The normalized spacial score (nSPS) is 15.6. The number of rotatable bonds is 6. The molecule has 168 valence electrons. The van der Waals surface area contributed by atoms with Crippen LogP contribution in [0.5, 0.6) is 5.75 Å². The van der Waals surface area contributed by atoms with E-state index >= 15 is 0 Å². The summed E-state index contributed by atoms with van der Waals surface area (Å²) < 4.78 is 33.2. The summed E-state index contributed by atoms with van der Waals surface area (Å²) >= 11 is 6.13. The zero-order valence-electron chi connectivity index (χ0n) is 18.2. The number of halogens is 1. The first-order chi connectivity index (χ1) is 14.6. The Kier molecular flexibility index (Phi) is 7.13. The molecule has 0 saturated carbocycles. The molecule has 0 radical (unpaired) electrons. The maximum Gasteiger partial charge on any atom is 0.241 e. The fraction of sp³-hybridized carbons (Fsp3) is 0.409. The molecule has 1 saturated heterocycles. The van der Waals surface area contributed by atoms with Crippen LogP contribution < -0.4 is 14.4 Å². The molecule has 0 spiro atoms. The Morgan fingerprint density at radius 3 is 2.35 bits per heavy atom. The predicted octanol–water partition coefficient (Wildman–Crippen LogP) is 2.98. The topological polar surface area (TPSA) is 78.9 Å². The molecule has 1 aliphatic heterocycles. The van der Waals surface area contributed by atoms with Gasteiger partial charge in [0.1, 0.15) is 5.75 Å². The van der Waals surface area contributed by atoms with Gasteiger partial charge in [0.2, 0.25) is 15.9 Å². The number of sulfonamides is 1. The molecule has 0 unspecified atom stereocenters. The molecule has 1 amide bonds. The molecule has 0 bridgehead atoms. The van der Waals surface area contributed by atoms with Crippen LogP contribution in [0.4, 0.5) is 5.69 Å². The summed E-state index contributed by atoms with van der Waals surface area (Å²) in [5.41, 5.74) is 2.89. The van der Waals surface area contributed by atoms with Gasteiger partial charge in [-0.3, -0.25) is 4.79 Å². The molecule has 1 heterocycles. The number of nitrogens with zero attached hydrogens (tertiary/aromatic N) is 2. The number of methoxy groups -OCH3 is 1. The van der Waals surface area contributed by atoms with Crippen molar-refractivity contribution >= 4 is 33.2 Å². The lowest BCUT2D eigenvalue weighted by atomic mass is 10.1. The van der Waals surface area contributed by atoms with Crippen LogP contribution in [-0.2, 0) is 14.8 Å². The molecule has 7 nitrogen and oxygen atoms in total. The van der Waals surface area contributed by atoms with Crippen molar-refractivity contribution in [3.05, 3.63) is 52.5 Å². The van der Waals surface area contributed by atoms with Gasteiger partial charge in [-0.05, 0) is 62.2 Å². The quantitative estimate of drug-likeness (QED) is 0.709. The highest BCUT2D eigenvalue weighted by Gasteiger charge is 2.29. The van der Waals surface area contributed by atoms with Crippen LogP contribution in [0, 0.1) is 13.8 Å². The highest BCUT2D eigenvalue weighted by atomic mass is 35.5. The average Bonchev–Trinajstić information content (AvgIpc) is 2.74. The van der Waals surface area contributed by atoms with Gasteiger partial charge in [0, 0.05) is 36.9 Å². The number of piperazine rings is 1. The van der Waals surface area contributed by atoms with E-state index in [2.05, 4.69) is 9.62 Å². The van der Waals surface area contributed by atoms with E-state index in [0.29, 0.717) is 42.5 Å². The Balaban J connectivity index is 1.63. The maximum absolute atomic E-state index is 12.9. The third-order valence-electron chi connectivity index (χ3n) is 5.48. The minimum Gasteiger partial charge on any atom is -0.496 e. The molecule has 0 aromatic heterocycles. The summed E-state index contributed by atoms with van der Waals surface area (Å²) in [5, 5.41) is 0.677. The van der Waals surface area contributed by atoms with Crippen molar-refractivity contribution in [2.45, 2.75) is 31.7 Å². The first-order valence-corrected chi connectivity index (χ1v) is 12.0. The van der Waals surface area contributed by atoms with E-state index in [-0.39, 0.29) is 10.8 Å². The van der Waals surface area contributed by atoms with Crippen molar-refractivity contribution in [3.8, 4) is 5.75 Å². The van der Waals surface area contributed by atoms with Crippen molar-refractivity contribution in [1.29, 1.82) is 0 Å². The van der Waals surface area contributed by atoms with Gasteiger partial charge in [0.15, 0.2) is 0 Å². The van der Waals surface area contributed by atoms with Crippen LogP contribution >= 0.6 is 11.6 Å². The summed E-state index contributed by atoms with van der Waals surface area (Å²) in [5.74, 6) is 0.368. The molecule has 3 rings (SSSR count). The van der Waals surface area contributed by atoms with Crippen LogP contribution in [0.1, 0.15) is 18.1 Å². The largest absolute Gasteiger partial charge is 0.496 e. The SMILES string of the molecule is COc1ccc(S(=O)(=O)N[C@@H](C)C(=O)N2CCN(c3cc(Cl)ccc3C)CC2)cc1C. The summed E-state index contributed by atoms with van der Waals surface area (Å²) in [7, 11) is -2.30. The smallest absolute Gasteiger partial charge is 0.241 e. The van der Waals surface area contributed by atoms with Crippen LogP contribution in [0.15, 0.2) is 41.3 Å². The Morgan fingerprint density at radius 2 is 1.74 bits per heavy atom. The first-order valence-electron chi connectivity index (χ1n) is 10.1. The van der Waals surface area contributed by atoms with Crippen molar-refractivity contribution in [3.63, 3.8) is 0 Å². The van der Waals surface area contributed by atoms with Crippen molar-refractivity contribution in [1.82, 2.24) is 9.62 Å². The highest BCUT2D eigenvalue weighted by Crippen LogP contribution is 2.26. The van der Waals surface area contributed by atoms with E-state index in [1.165, 1.54) is 19.2 Å². The second-order valence-electron chi connectivity index (χ2n) is 7.72. The van der Waals surface area contributed by atoms with E-state index in [9.17, 15) is 13.2 Å². The molecule has 9 heteroatoms. The lowest BCUT2D eigenvalue weighted by molar-refractivity contribution is -0.132. The van der Waals surface area contributed by atoms with Gasteiger partial charge in [0.25, 0.3) is 0 Å². The second kappa shape index (κ2) is 9.46. The fourth-order valence-electron chi connectivity index (χ4n) is 3.73. The predicted molar refractivity (Wildman–Crippen MR) is 122 cm³/mol. The van der Waals surface area contributed by atoms with Crippen molar-refractivity contribution in [2.75, 3.05) is 38.2 Å². The zero-order valence-corrected chi connectivity index (χ0v) is 19.8. The molecule has 0 aliphatic carbocycles. The number of hydrogen-bond donors (Lipinski definition) is 1. The molecule has 31 heavy (non-hydrogen) atoms. The number of hydrogen-bond acceptors (Lipinski definition) is 5. The minimum absolute atomic E-state index is 0.103. The van der Waals surface area contributed by atoms with E-state index in [4.69, 9.17) is 16.3 Å². The summed E-state index contributed by atoms with van der Waals surface area (Å²) in [6, 6.07) is 9.51. The Labute approximate surface area is 189 Å². The van der Waals surface area contributed by atoms with Gasteiger partial charge in [-0.25, -0.2) is 8.42 Å². The number of nitrogens with one attached hydrogen (secondary N) is 1. The number of anilines is 1. The Hall–Kier alpha value is -2.29. The summed E-state index contributed by atoms with van der Waals surface area (Å²) in [6.07, 6.45) is 0. The van der Waals surface area contributed by atoms with Crippen LogP contribution in [0.3, 0.4) is 0 Å². The molecule has 2 aromatic rings. The maximum atomic E-state index is 12.9. The van der Waals surface area contributed by atoms with E-state index in [1.807, 2.05) is 25.1 Å². The lowest BCUT2D eigenvalue weighted by Crippen LogP contribution is -2.54. The van der Waals surface area contributed by atoms with Gasteiger partial charge in [-0.2, -0.15) is 4.72 Å². The van der Waals surface area contributed by atoms with Gasteiger partial charge in [-0.15, -0.1) is 0 Å². The first kappa shape index (κ1) is 23.4. The summed E-state index contributed by atoms with van der Waals surface area (Å²) in [6.45, 7) is 7.71. The average molecular weight is 466 g/mol. The number of benzene rings is 2. The van der Waals surface area contributed by atoms with Gasteiger partial charge >= 0.3 is 0 Å². The monoisotopic (exact) mass is 465 g/mol. The number of ether oxygens (including phenoxy) is 1. The molecular formula is C22H28ClN3O4S. The number of carbonyl (C=O) groups is 1. The van der Waals surface area contributed by atoms with Crippen molar-refractivity contribution < 1.29 is 17.9 Å². The van der Waals surface area contributed by atoms with Crippen molar-refractivity contribution in [2.24, 2.45) is 0 Å². The summed E-state index contributed by atoms with van der Waals surface area (Å²) in [4.78, 5) is 16.9. The Morgan fingerprint density at radius 1 is 1.06 bits per heavy atom. The molecule has 1 fully saturated rings. The molecule has 1 N–H and O–H groups in total. The number of carbonyl (C=O) groups excluding carboxylic acids is 1. The van der Waals surface area contributed by atoms with Gasteiger partial charge in [-0.1, -0.05) is 17.7 Å². The van der Waals surface area contributed by atoms with E-state index in [0.717, 1.165) is 11.3 Å². The number of amides is 1. The standard InChI is InChI=1S/C22H28ClN3O4S/c1-15-5-6-18(23)14-20(15)25-9-11-26(12-10-25)22(27)17(3)24-31(28,29)19-7-8-21(30-4)16(2)13-19/h5-8,13-14,17,24H,9-12H2,1-4H3/t17-/m0/s1. The highest BCUT2D eigenvalue weighted by molar-refractivity contribution is 7.89. The van der Waals surface area contributed by atoms with Gasteiger partial charge in [0.05, 0.1) is 18.0 Å². The van der Waals surface area contributed by atoms with Crippen LogP contribution in [0.2, 0.25) is 5.02 Å². The van der Waals surface area contributed by atoms with E-state index in [1.54, 1.807) is 24.8 Å². The lowest BCUT2D eigenvalue weighted by Gasteiger charge is -2.37. The molecule has 2 aromatic carbocycles. The second-order valence-corrected chi connectivity index (χ2v) is 9.87. The van der Waals surface area contributed by atoms with Crippen LogP contribution in [0.25, 0.3) is 0 Å². The Bertz CT molecular complexity index is 1070. The van der Waals surface area contributed by atoms with E-state index < -0.39 is 16.1 Å². The third kappa shape index (κ3) is 5.31. The fourth-order valence-corrected chi connectivity index (χ4v) is 5.18. The van der Waals surface area contributed by atoms with Gasteiger partial charge < -0.3 is 14.5 Å².